The lowest BCUT2D eigenvalue weighted by Crippen LogP contribution is -2.43. The van der Waals surface area contributed by atoms with E-state index in [0.29, 0.717) is 37.7 Å². The lowest BCUT2D eigenvalue weighted by Gasteiger charge is -2.30. The van der Waals surface area contributed by atoms with E-state index in [0.717, 1.165) is 39.1 Å². The summed E-state index contributed by atoms with van der Waals surface area (Å²) in [5.41, 5.74) is 6.30. The molecule has 2 heterocycles. The van der Waals surface area contributed by atoms with Crippen LogP contribution in [0.1, 0.15) is 41.0 Å². The number of hydrogen-bond donors (Lipinski definition) is 3. The number of benzene rings is 3. The van der Waals surface area contributed by atoms with Gasteiger partial charge in [0.2, 0.25) is 0 Å². The third-order valence-electron chi connectivity index (χ3n) is 7.30. The highest BCUT2D eigenvalue weighted by Gasteiger charge is 2.29. The molecule has 1 saturated heterocycles. The van der Waals surface area contributed by atoms with Crippen molar-refractivity contribution in [3.63, 3.8) is 0 Å². The van der Waals surface area contributed by atoms with Crippen LogP contribution in [0.4, 0.5) is 0 Å². The molecule has 0 aromatic heterocycles. The fourth-order valence-electron chi connectivity index (χ4n) is 5.32. The second-order valence-corrected chi connectivity index (χ2v) is 10.4. The third kappa shape index (κ3) is 6.36. The van der Waals surface area contributed by atoms with Crippen molar-refractivity contribution in [3.05, 3.63) is 76.9 Å². The minimum Gasteiger partial charge on any atom is -0.492 e. The molecular weight excluding hydrogens is 500 g/mol. The first kappa shape index (κ1) is 27.0. The smallest absolute Gasteiger partial charge is 0.304 e. The van der Waals surface area contributed by atoms with Crippen LogP contribution in [-0.2, 0) is 16.1 Å². The van der Waals surface area contributed by atoms with Gasteiger partial charge in [-0.25, -0.2) is 0 Å². The van der Waals surface area contributed by atoms with Crippen LogP contribution in [0.15, 0.2) is 54.6 Å². The van der Waals surface area contributed by atoms with Crippen LogP contribution in [0.5, 0.6) is 17.2 Å². The molecule has 2 aliphatic rings. The third-order valence-corrected chi connectivity index (χ3v) is 7.30. The van der Waals surface area contributed by atoms with Gasteiger partial charge in [-0.05, 0) is 65.9 Å². The monoisotopic (exact) mass is 534 g/mol. The van der Waals surface area contributed by atoms with Crippen molar-refractivity contribution in [2.75, 3.05) is 19.8 Å². The van der Waals surface area contributed by atoms with Gasteiger partial charge in [0.15, 0.2) is 0 Å². The van der Waals surface area contributed by atoms with E-state index < -0.39 is 18.2 Å². The highest BCUT2D eigenvalue weighted by atomic mass is 16.5. The molecule has 0 radical (unpaired) electrons. The zero-order chi connectivity index (χ0) is 27.5. The summed E-state index contributed by atoms with van der Waals surface area (Å²) in [6.45, 7) is 5.28. The van der Waals surface area contributed by atoms with Gasteiger partial charge in [0.25, 0.3) is 0 Å². The van der Waals surface area contributed by atoms with Gasteiger partial charge in [0.1, 0.15) is 36.6 Å². The van der Waals surface area contributed by atoms with E-state index in [1.807, 2.05) is 42.5 Å². The first-order valence-corrected chi connectivity index (χ1v) is 13.2. The molecule has 0 aliphatic carbocycles. The van der Waals surface area contributed by atoms with Gasteiger partial charge in [-0.15, -0.1) is 0 Å². The Kier molecular flexibility index (Phi) is 8.07. The molecule has 0 amide bonds. The number of hydrogen-bond acceptors (Lipinski definition) is 7. The lowest BCUT2D eigenvalue weighted by molar-refractivity contribution is -0.137. The van der Waals surface area contributed by atoms with Crippen molar-refractivity contribution >= 4 is 5.97 Å². The SMILES string of the molecule is Cc1cc(OC[C@@H]2C[C@H](O)[C@@H](O)CO2)cc(C)c1-c1cccc(COc2ccc3c(c2)OCC3CC(=O)O)c1. The van der Waals surface area contributed by atoms with Crippen molar-refractivity contribution in [1.82, 2.24) is 0 Å². The molecule has 206 valence electrons. The Balaban J connectivity index is 1.23. The highest BCUT2D eigenvalue weighted by molar-refractivity contribution is 5.72. The number of aliphatic carboxylic acids is 1. The van der Waals surface area contributed by atoms with E-state index in [9.17, 15) is 15.0 Å². The summed E-state index contributed by atoms with van der Waals surface area (Å²) in [6, 6.07) is 17.8. The number of rotatable bonds is 9. The Labute approximate surface area is 227 Å². The minimum atomic E-state index is -0.841. The number of aryl methyl sites for hydroxylation is 2. The molecule has 5 rings (SSSR count). The van der Waals surface area contributed by atoms with E-state index in [-0.39, 0.29) is 25.0 Å². The van der Waals surface area contributed by atoms with Crippen LogP contribution in [0.25, 0.3) is 11.1 Å². The summed E-state index contributed by atoms with van der Waals surface area (Å²) in [7, 11) is 0. The maximum Gasteiger partial charge on any atom is 0.304 e. The topological polar surface area (TPSA) is 115 Å². The van der Waals surface area contributed by atoms with Gasteiger partial charge in [-0.1, -0.05) is 24.3 Å². The Bertz CT molecular complexity index is 1310. The quantitative estimate of drug-likeness (QED) is 0.370. The van der Waals surface area contributed by atoms with Crippen molar-refractivity contribution in [1.29, 1.82) is 0 Å². The molecule has 1 fully saturated rings. The van der Waals surface area contributed by atoms with Crippen LogP contribution in [0.3, 0.4) is 0 Å². The molecule has 8 heteroatoms. The van der Waals surface area contributed by atoms with Gasteiger partial charge in [0, 0.05) is 24.0 Å². The van der Waals surface area contributed by atoms with Crippen molar-refractivity contribution in [2.24, 2.45) is 0 Å². The lowest BCUT2D eigenvalue weighted by atomic mass is 9.94. The van der Waals surface area contributed by atoms with Gasteiger partial charge in [0.05, 0.1) is 31.8 Å². The van der Waals surface area contributed by atoms with Crippen molar-refractivity contribution < 1.29 is 39.1 Å². The molecule has 0 spiro atoms. The summed E-state index contributed by atoms with van der Waals surface area (Å²) >= 11 is 0. The maximum atomic E-state index is 11.1. The molecule has 1 unspecified atom stereocenters. The summed E-state index contributed by atoms with van der Waals surface area (Å²) < 4.78 is 23.3. The first-order valence-electron chi connectivity index (χ1n) is 13.2. The number of ether oxygens (including phenoxy) is 4. The number of carbonyl (C=O) groups is 1. The molecule has 0 bridgehead atoms. The normalized spacial score (nSPS) is 22.2. The molecule has 4 atom stereocenters. The molecule has 39 heavy (non-hydrogen) atoms. The zero-order valence-corrected chi connectivity index (χ0v) is 22.1. The predicted octanol–water partition coefficient (Wildman–Crippen LogP) is 4.39. The Morgan fingerprint density at radius 1 is 0.949 bits per heavy atom. The molecular formula is C31H34O8. The summed E-state index contributed by atoms with van der Waals surface area (Å²) in [5, 5.41) is 28.6. The molecule has 3 aromatic carbocycles. The number of carboxylic acid groups (broad SMARTS) is 1. The fraction of sp³-hybridized carbons (Fsp3) is 0.387. The standard InChI is InChI=1S/C31H34O8/c1-18-8-24(37-16-25-12-27(32)28(33)17-38-25)9-19(2)31(18)21-5-3-4-20(10-21)14-36-23-6-7-26-22(11-30(34)35)15-39-29(26)13-23/h3-10,13,22,25,27-28,32-33H,11-12,14-17H2,1-2H3,(H,34,35)/t22?,25-,27-,28-/m0/s1. The van der Waals surface area contributed by atoms with Gasteiger partial charge in [-0.2, -0.15) is 0 Å². The molecule has 8 nitrogen and oxygen atoms in total. The van der Waals surface area contributed by atoms with Gasteiger partial charge >= 0.3 is 5.97 Å². The van der Waals surface area contributed by atoms with Gasteiger partial charge < -0.3 is 34.3 Å². The van der Waals surface area contributed by atoms with Crippen LogP contribution in [0, 0.1) is 13.8 Å². The number of fused-ring (bicyclic) bond motifs is 1. The van der Waals surface area contributed by atoms with Crippen LogP contribution < -0.4 is 14.2 Å². The Morgan fingerprint density at radius 2 is 1.74 bits per heavy atom. The largest absolute Gasteiger partial charge is 0.492 e. The summed E-state index contributed by atoms with van der Waals surface area (Å²) in [6.07, 6.45) is -1.50. The first-order chi connectivity index (χ1) is 18.8. The van der Waals surface area contributed by atoms with E-state index >= 15 is 0 Å². The predicted molar refractivity (Wildman–Crippen MR) is 144 cm³/mol. The number of carboxylic acids is 1. The minimum absolute atomic E-state index is 0.0516. The number of aliphatic hydroxyl groups is 2. The fourth-order valence-corrected chi connectivity index (χ4v) is 5.32. The van der Waals surface area contributed by atoms with E-state index in [4.69, 9.17) is 24.1 Å². The van der Waals surface area contributed by atoms with Crippen molar-refractivity contribution in [3.8, 4) is 28.4 Å². The van der Waals surface area contributed by atoms with Gasteiger partial charge in [-0.3, -0.25) is 4.79 Å². The van der Waals surface area contributed by atoms with E-state index in [2.05, 4.69) is 26.0 Å². The number of aliphatic hydroxyl groups excluding tert-OH is 2. The maximum absolute atomic E-state index is 11.1. The molecule has 3 aromatic rings. The van der Waals surface area contributed by atoms with Crippen LogP contribution in [0.2, 0.25) is 0 Å². The molecule has 0 saturated carbocycles. The molecule has 2 aliphatic heterocycles. The summed E-state index contributed by atoms with van der Waals surface area (Å²) in [5.74, 6) is 1.13. The average molecular weight is 535 g/mol. The Morgan fingerprint density at radius 3 is 2.49 bits per heavy atom. The Hall–Kier alpha value is -3.59. The second kappa shape index (κ2) is 11.7. The average Bonchev–Trinajstić information content (AvgIpc) is 3.29. The van der Waals surface area contributed by atoms with Crippen molar-refractivity contribution in [2.45, 2.75) is 57.5 Å². The van der Waals surface area contributed by atoms with Crippen LogP contribution in [-0.4, -0.2) is 59.4 Å². The molecule has 3 N–H and O–H groups in total. The van der Waals surface area contributed by atoms with E-state index in [1.54, 1.807) is 0 Å². The zero-order valence-electron chi connectivity index (χ0n) is 22.1. The van der Waals surface area contributed by atoms with E-state index in [1.165, 1.54) is 0 Å². The second-order valence-electron chi connectivity index (χ2n) is 10.4. The summed E-state index contributed by atoms with van der Waals surface area (Å²) in [4.78, 5) is 11.1. The van der Waals surface area contributed by atoms with Crippen LogP contribution >= 0.6 is 0 Å². The highest BCUT2D eigenvalue weighted by Crippen LogP contribution is 2.38.